The second-order valence-electron chi connectivity index (χ2n) is 3.05. The monoisotopic (exact) mass is 255 g/mol. The molecule has 0 unspecified atom stereocenters. The number of hydrogen-bond donors (Lipinski definition) is 1. The van der Waals surface area contributed by atoms with Crippen LogP contribution in [0.15, 0.2) is 36.9 Å². The maximum Gasteiger partial charge on any atom is 0.341 e. The Balaban J connectivity index is 0.00000144. The minimum absolute atomic E-state index is 0. The molecule has 17 heavy (non-hydrogen) atoms. The molecule has 0 aliphatic rings. The summed E-state index contributed by atoms with van der Waals surface area (Å²) in [5.41, 5.74) is 0.882. The van der Waals surface area contributed by atoms with Gasteiger partial charge in [-0.3, -0.25) is 4.57 Å². The number of carboxylic acids is 1. The van der Waals surface area contributed by atoms with Gasteiger partial charge in [-0.2, -0.15) is 0 Å². The SMILES string of the molecule is Cl.O=C(O)COc1ccc(-n2cnnc2)cc1. The third kappa shape index (κ3) is 3.46. The van der Waals surface area contributed by atoms with Crippen molar-refractivity contribution in [2.45, 2.75) is 0 Å². The molecule has 2 rings (SSSR count). The molecule has 0 aliphatic heterocycles. The topological polar surface area (TPSA) is 77.2 Å². The number of carboxylic acid groups (broad SMARTS) is 1. The van der Waals surface area contributed by atoms with Crippen molar-refractivity contribution in [3.8, 4) is 11.4 Å². The smallest absolute Gasteiger partial charge is 0.341 e. The van der Waals surface area contributed by atoms with E-state index >= 15 is 0 Å². The van der Waals surface area contributed by atoms with E-state index in [9.17, 15) is 4.79 Å². The second-order valence-corrected chi connectivity index (χ2v) is 3.05. The first-order valence-corrected chi connectivity index (χ1v) is 4.55. The summed E-state index contributed by atoms with van der Waals surface area (Å²) < 4.78 is 6.74. The molecule has 0 radical (unpaired) electrons. The number of rotatable bonds is 4. The molecular weight excluding hydrogens is 246 g/mol. The van der Waals surface area contributed by atoms with Crippen LogP contribution < -0.4 is 4.74 Å². The van der Waals surface area contributed by atoms with Gasteiger partial charge in [0.2, 0.25) is 0 Å². The summed E-state index contributed by atoms with van der Waals surface area (Å²) in [6.45, 7) is -0.341. The lowest BCUT2D eigenvalue weighted by molar-refractivity contribution is -0.139. The molecule has 0 spiro atoms. The first kappa shape index (κ1) is 13.0. The van der Waals surface area contributed by atoms with E-state index in [2.05, 4.69) is 10.2 Å². The molecule has 0 atom stereocenters. The van der Waals surface area contributed by atoms with Crippen molar-refractivity contribution >= 4 is 18.4 Å². The number of ether oxygens (including phenoxy) is 1. The Bertz CT molecular complexity index is 470. The van der Waals surface area contributed by atoms with Crippen molar-refractivity contribution in [3.63, 3.8) is 0 Å². The highest BCUT2D eigenvalue weighted by atomic mass is 35.5. The minimum Gasteiger partial charge on any atom is -0.482 e. The van der Waals surface area contributed by atoms with E-state index in [1.165, 1.54) is 0 Å². The molecule has 1 N–H and O–H groups in total. The molecule has 90 valence electrons. The summed E-state index contributed by atoms with van der Waals surface area (Å²) >= 11 is 0. The highest BCUT2D eigenvalue weighted by Crippen LogP contribution is 2.14. The number of hydrogen-bond acceptors (Lipinski definition) is 4. The van der Waals surface area contributed by atoms with Crippen molar-refractivity contribution in [3.05, 3.63) is 36.9 Å². The van der Waals surface area contributed by atoms with Gasteiger partial charge in [0.15, 0.2) is 6.61 Å². The van der Waals surface area contributed by atoms with Crippen LogP contribution >= 0.6 is 12.4 Å². The van der Waals surface area contributed by atoms with Gasteiger partial charge < -0.3 is 9.84 Å². The van der Waals surface area contributed by atoms with Gasteiger partial charge in [-0.05, 0) is 24.3 Å². The number of nitrogens with zero attached hydrogens (tertiary/aromatic N) is 3. The molecule has 0 fully saturated rings. The molecule has 0 bridgehead atoms. The molecule has 6 nitrogen and oxygen atoms in total. The van der Waals surface area contributed by atoms with E-state index in [0.29, 0.717) is 5.75 Å². The lowest BCUT2D eigenvalue weighted by atomic mass is 10.3. The van der Waals surface area contributed by atoms with Crippen LogP contribution in [0.4, 0.5) is 0 Å². The van der Waals surface area contributed by atoms with Gasteiger partial charge in [0.25, 0.3) is 0 Å². The maximum atomic E-state index is 10.3. The third-order valence-corrected chi connectivity index (χ3v) is 1.92. The Kier molecular flexibility index (Phi) is 4.47. The van der Waals surface area contributed by atoms with E-state index in [0.717, 1.165) is 5.69 Å². The van der Waals surface area contributed by atoms with Gasteiger partial charge in [0.05, 0.1) is 0 Å². The predicted molar refractivity (Wildman–Crippen MR) is 61.7 cm³/mol. The Labute approximate surface area is 103 Å². The van der Waals surface area contributed by atoms with Gasteiger partial charge in [-0.25, -0.2) is 4.79 Å². The van der Waals surface area contributed by atoms with E-state index in [1.54, 1.807) is 41.5 Å². The van der Waals surface area contributed by atoms with Crippen molar-refractivity contribution in [2.24, 2.45) is 0 Å². The molecule has 1 aromatic heterocycles. The summed E-state index contributed by atoms with van der Waals surface area (Å²) in [7, 11) is 0. The van der Waals surface area contributed by atoms with Crippen LogP contribution in [-0.2, 0) is 4.79 Å². The number of aliphatic carboxylic acids is 1. The zero-order valence-electron chi connectivity index (χ0n) is 8.68. The minimum atomic E-state index is -0.997. The fourth-order valence-electron chi connectivity index (χ4n) is 1.19. The molecule has 0 aliphatic carbocycles. The number of aromatic nitrogens is 3. The first-order chi connectivity index (χ1) is 7.75. The molecule has 0 amide bonds. The van der Waals surface area contributed by atoms with Crippen LogP contribution in [0.5, 0.6) is 5.75 Å². The molecule has 1 aromatic carbocycles. The van der Waals surface area contributed by atoms with Gasteiger partial charge in [-0.15, -0.1) is 22.6 Å². The van der Waals surface area contributed by atoms with Gasteiger partial charge in [-0.1, -0.05) is 0 Å². The summed E-state index contributed by atoms with van der Waals surface area (Å²) in [5, 5.41) is 15.8. The van der Waals surface area contributed by atoms with Crippen molar-refractivity contribution in [2.75, 3.05) is 6.61 Å². The molecular formula is C10H10ClN3O3. The van der Waals surface area contributed by atoms with Crippen molar-refractivity contribution < 1.29 is 14.6 Å². The Morgan fingerprint density at radius 3 is 2.35 bits per heavy atom. The van der Waals surface area contributed by atoms with Crippen LogP contribution in [0, 0.1) is 0 Å². The Morgan fingerprint density at radius 1 is 1.24 bits per heavy atom. The zero-order valence-corrected chi connectivity index (χ0v) is 9.50. The fraction of sp³-hybridized carbons (Fsp3) is 0.100. The lowest BCUT2D eigenvalue weighted by Gasteiger charge is -2.04. The summed E-state index contributed by atoms with van der Waals surface area (Å²) in [5.74, 6) is -0.484. The number of benzene rings is 1. The van der Waals surface area contributed by atoms with Crippen LogP contribution in [0.25, 0.3) is 5.69 Å². The quantitative estimate of drug-likeness (QED) is 0.887. The van der Waals surface area contributed by atoms with Crippen molar-refractivity contribution in [1.82, 2.24) is 14.8 Å². The predicted octanol–water partition coefficient (Wildman–Crippen LogP) is 1.15. The van der Waals surface area contributed by atoms with Crippen LogP contribution in [0.1, 0.15) is 0 Å². The van der Waals surface area contributed by atoms with Crippen LogP contribution in [0.2, 0.25) is 0 Å². The molecule has 0 saturated carbocycles. The first-order valence-electron chi connectivity index (χ1n) is 4.55. The normalized spacial score (nSPS) is 9.41. The summed E-state index contributed by atoms with van der Waals surface area (Å²) in [4.78, 5) is 10.3. The average Bonchev–Trinajstić information content (AvgIpc) is 2.80. The third-order valence-electron chi connectivity index (χ3n) is 1.92. The molecule has 0 saturated heterocycles. The summed E-state index contributed by atoms with van der Waals surface area (Å²) in [6.07, 6.45) is 3.15. The zero-order chi connectivity index (χ0) is 11.4. The summed E-state index contributed by atoms with van der Waals surface area (Å²) in [6, 6.07) is 6.97. The highest BCUT2D eigenvalue weighted by Gasteiger charge is 2.00. The van der Waals surface area contributed by atoms with Gasteiger partial charge in [0.1, 0.15) is 18.4 Å². The van der Waals surface area contributed by atoms with Gasteiger partial charge in [0, 0.05) is 5.69 Å². The van der Waals surface area contributed by atoms with E-state index in [1.807, 2.05) is 0 Å². The van der Waals surface area contributed by atoms with E-state index < -0.39 is 5.97 Å². The average molecular weight is 256 g/mol. The Morgan fingerprint density at radius 2 is 1.82 bits per heavy atom. The van der Waals surface area contributed by atoms with Crippen molar-refractivity contribution in [1.29, 1.82) is 0 Å². The molecule has 2 aromatic rings. The molecule has 7 heteroatoms. The number of halogens is 1. The Hall–Kier alpha value is -2.08. The van der Waals surface area contributed by atoms with E-state index in [-0.39, 0.29) is 19.0 Å². The lowest BCUT2D eigenvalue weighted by Crippen LogP contribution is -2.09. The second kappa shape index (κ2) is 5.86. The van der Waals surface area contributed by atoms with Crippen LogP contribution in [-0.4, -0.2) is 32.4 Å². The largest absolute Gasteiger partial charge is 0.482 e. The maximum absolute atomic E-state index is 10.3. The molecule has 1 heterocycles. The number of carbonyl (C=O) groups is 1. The highest BCUT2D eigenvalue weighted by molar-refractivity contribution is 5.85. The van der Waals surface area contributed by atoms with Gasteiger partial charge >= 0.3 is 5.97 Å². The standard InChI is InChI=1S/C10H9N3O3.ClH/c14-10(15)5-16-9-3-1-8(2-4-9)13-6-11-12-7-13;/h1-4,6-7H,5H2,(H,14,15);1H. The fourth-order valence-corrected chi connectivity index (χ4v) is 1.19. The van der Waals surface area contributed by atoms with E-state index in [4.69, 9.17) is 9.84 Å². The van der Waals surface area contributed by atoms with Crippen LogP contribution in [0.3, 0.4) is 0 Å².